The second-order valence-corrected chi connectivity index (χ2v) is 9.89. The first kappa shape index (κ1) is 24.3. The second kappa shape index (κ2) is 12.0. The Labute approximate surface area is 204 Å². The zero-order valence-electron chi connectivity index (χ0n) is 19.0. The van der Waals surface area contributed by atoms with Gasteiger partial charge in [-0.25, -0.2) is 9.97 Å². The average Bonchev–Trinajstić information content (AvgIpc) is 2.85. The highest BCUT2D eigenvalue weighted by atomic mass is 35.5. The van der Waals surface area contributed by atoms with E-state index < -0.39 is 0 Å². The number of hydrogen-bond acceptors (Lipinski definition) is 7. The van der Waals surface area contributed by atoms with Gasteiger partial charge in [0.05, 0.1) is 23.9 Å². The zero-order valence-corrected chi connectivity index (χ0v) is 20.6. The van der Waals surface area contributed by atoms with E-state index in [1.165, 1.54) is 0 Å². The lowest BCUT2D eigenvalue weighted by atomic mass is 9.92. The van der Waals surface area contributed by atoms with Crippen molar-refractivity contribution >= 4 is 29.3 Å². The molecule has 1 aromatic heterocycles. The molecule has 2 fully saturated rings. The van der Waals surface area contributed by atoms with Crippen molar-refractivity contribution in [3.05, 3.63) is 46.7 Å². The average molecular weight is 491 g/mol. The number of carbonyl (C=O) groups excluding carboxylic acids is 1. The van der Waals surface area contributed by atoms with Crippen molar-refractivity contribution in [2.45, 2.75) is 30.8 Å². The van der Waals surface area contributed by atoms with Crippen LogP contribution < -0.4 is 4.74 Å². The molecule has 2 aliphatic rings. The molecule has 0 aliphatic carbocycles. The molecule has 33 heavy (non-hydrogen) atoms. The molecule has 2 aliphatic heterocycles. The largest absolute Gasteiger partial charge is 0.482 e. The minimum absolute atomic E-state index is 0.0121. The van der Waals surface area contributed by atoms with Crippen LogP contribution in [0.3, 0.4) is 0 Å². The Balaban J connectivity index is 1.32. The summed E-state index contributed by atoms with van der Waals surface area (Å²) in [6.45, 7) is 8.07. The van der Waals surface area contributed by atoms with E-state index in [1.54, 1.807) is 23.9 Å². The van der Waals surface area contributed by atoms with Crippen molar-refractivity contribution in [1.82, 2.24) is 19.8 Å². The van der Waals surface area contributed by atoms with E-state index in [-0.39, 0.29) is 18.4 Å². The maximum Gasteiger partial charge on any atom is 0.260 e. The summed E-state index contributed by atoms with van der Waals surface area (Å²) in [7, 11) is 0. The molecular formula is C24H31ClN4O3S. The first-order chi connectivity index (χ1) is 16.1. The first-order valence-electron chi connectivity index (χ1n) is 11.5. The number of ether oxygens (including phenoxy) is 2. The Hall–Kier alpha value is -1.87. The Morgan fingerprint density at radius 3 is 2.91 bits per heavy atom. The normalized spacial score (nSPS) is 19.5. The number of halogens is 1. The van der Waals surface area contributed by atoms with Crippen molar-refractivity contribution in [2.24, 2.45) is 0 Å². The van der Waals surface area contributed by atoms with E-state index in [0.717, 1.165) is 74.4 Å². The van der Waals surface area contributed by atoms with Gasteiger partial charge in [-0.05, 0) is 37.5 Å². The molecule has 4 rings (SSSR count). The number of amides is 1. The maximum absolute atomic E-state index is 12.8. The highest BCUT2D eigenvalue weighted by Gasteiger charge is 2.27. The predicted octanol–water partition coefficient (Wildman–Crippen LogP) is 3.65. The number of aromatic nitrogens is 2. The lowest BCUT2D eigenvalue weighted by molar-refractivity contribution is -0.134. The van der Waals surface area contributed by atoms with Gasteiger partial charge in [-0.1, -0.05) is 35.5 Å². The molecule has 1 atom stereocenters. The van der Waals surface area contributed by atoms with E-state index in [9.17, 15) is 4.79 Å². The Morgan fingerprint density at radius 2 is 2.09 bits per heavy atom. The molecule has 0 N–H and O–H groups in total. The third-order valence-electron chi connectivity index (χ3n) is 6.08. The summed E-state index contributed by atoms with van der Waals surface area (Å²) in [6.07, 6.45) is 3.89. The van der Waals surface area contributed by atoms with Gasteiger partial charge in [0.2, 0.25) is 0 Å². The standard InChI is InChI=1S/C24H31ClN4O3S/c1-18-15-26-24(33-14-11-28-9-12-31-13-10-28)27-23(18)19-5-4-8-29(16-19)22(30)17-32-21-7-3-2-6-20(21)25/h2-3,6-7,15,19H,4-5,8-14,16-17H2,1H3. The highest BCUT2D eigenvalue weighted by Crippen LogP contribution is 2.29. The maximum atomic E-state index is 12.8. The minimum atomic E-state index is -0.0218. The first-order valence-corrected chi connectivity index (χ1v) is 12.9. The fourth-order valence-electron chi connectivity index (χ4n) is 4.23. The molecule has 3 heterocycles. The van der Waals surface area contributed by atoms with Crippen molar-refractivity contribution in [3.63, 3.8) is 0 Å². The number of benzene rings is 1. The van der Waals surface area contributed by atoms with Crippen LogP contribution in [-0.4, -0.2) is 84.0 Å². The topological polar surface area (TPSA) is 67.8 Å². The quantitative estimate of drug-likeness (QED) is 0.413. The second-order valence-electron chi connectivity index (χ2n) is 8.42. The summed E-state index contributed by atoms with van der Waals surface area (Å²) in [5.41, 5.74) is 2.14. The number of morpholine rings is 1. The number of aryl methyl sites for hydroxylation is 1. The van der Waals surface area contributed by atoms with Gasteiger partial charge in [-0.15, -0.1) is 0 Å². The van der Waals surface area contributed by atoms with E-state index in [2.05, 4.69) is 16.8 Å². The molecule has 1 aromatic carbocycles. The molecule has 2 aromatic rings. The van der Waals surface area contributed by atoms with E-state index >= 15 is 0 Å². The molecule has 178 valence electrons. The number of nitrogens with zero attached hydrogens (tertiary/aromatic N) is 4. The Kier molecular flexibility index (Phi) is 8.83. The predicted molar refractivity (Wildman–Crippen MR) is 130 cm³/mol. The number of rotatable bonds is 8. The van der Waals surface area contributed by atoms with Crippen LogP contribution in [0, 0.1) is 6.92 Å². The molecule has 1 unspecified atom stereocenters. The van der Waals surface area contributed by atoms with Crippen LogP contribution in [0.2, 0.25) is 5.02 Å². The summed E-state index contributed by atoms with van der Waals surface area (Å²) in [4.78, 5) is 26.6. The lowest BCUT2D eigenvalue weighted by Gasteiger charge is -2.33. The van der Waals surface area contributed by atoms with Gasteiger partial charge in [-0.3, -0.25) is 9.69 Å². The van der Waals surface area contributed by atoms with Crippen LogP contribution in [-0.2, 0) is 9.53 Å². The molecule has 7 nitrogen and oxygen atoms in total. The fraction of sp³-hybridized carbons (Fsp3) is 0.542. The number of thioether (sulfide) groups is 1. The Bertz CT molecular complexity index is 942. The molecule has 0 bridgehead atoms. The molecular weight excluding hydrogens is 460 g/mol. The summed E-state index contributed by atoms with van der Waals surface area (Å²) in [5.74, 6) is 1.68. The van der Waals surface area contributed by atoms with Gasteiger partial charge >= 0.3 is 0 Å². The smallest absolute Gasteiger partial charge is 0.260 e. The fourth-order valence-corrected chi connectivity index (χ4v) is 5.24. The number of para-hydroxylation sites is 1. The van der Waals surface area contributed by atoms with Crippen molar-refractivity contribution in [2.75, 3.05) is 58.3 Å². The van der Waals surface area contributed by atoms with Crippen LogP contribution in [0.5, 0.6) is 5.75 Å². The molecule has 1 amide bonds. The number of carbonyl (C=O) groups is 1. The van der Waals surface area contributed by atoms with Gasteiger partial charge in [0, 0.05) is 50.6 Å². The summed E-state index contributed by atoms with van der Waals surface area (Å²) < 4.78 is 11.1. The van der Waals surface area contributed by atoms with Gasteiger partial charge in [-0.2, -0.15) is 0 Å². The van der Waals surface area contributed by atoms with E-state index in [4.69, 9.17) is 26.1 Å². The van der Waals surface area contributed by atoms with E-state index in [1.807, 2.05) is 23.2 Å². The molecule has 0 spiro atoms. The lowest BCUT2D eigenvalue weighted by Crippen LogP contribution is -2.42. The third-order valence-corrected chi connectivity index (χ3v) is 7.23. The van der Waals surface area contributed by atoms with Crippen LogP contribution >= 0.6 is 23.4 Å². The zero-order chi connectivity index (χ0) is 23.0. The molecule has 0 radical (unpaired) electrons. The Morgan fingerprint density at radius 1 is 1.27 bits per heavy atom. The van der Waals surface area contributed by atoms with Crippen molar-refractivity contribution in [1.29, 1.82) is 0 Å². The van der Waals surface area contributed by atoms with Crippen LogP contribution in [0.1, 0.15) is 30.0 Å². The molecule has 0 saturated carbocycles. The van der Waals surface area contributed by atoms with E-state index in [0.29, 0.717) is 17.3 Å². The number of likely N-dealkylation sites (tertiary alicyclic amines) is 1. The van der Waals surface area contributed by atoms with Gasteiger partial charge < -0.3 is 14.4 Å². The highest BCUT2D eigenvalue weighted by molar-refractivity contribution is 7.99. The number of hydrogen-bond donors (Lipinski definition) is 0. The molecule has 2 saturated heterocycles. The van der Waals surface area contributed by atoms with Crippen LogP contribution in [0.25, 0.3) is 0 Å². The third kappa shape index (κ3) is 6.82. The minimum Gasteiger partial charge on any atom is -0.482 e. The summed E-state index contributed by atoms with van der Waals surface area (Å²) in [6, 6.07) is 7.21. The van der Waals surface area contributed by atoms with Gasteiger partial charge in [0.25, 0.3) is 5.91 Å². The van der Waals surface area contributed by atoms with Crippen molar-refractivity contribution < 1.29 is 14.3 Å². The van der Waals surface area contributed by atoms with Crippen LogP contribution in [0.15, 0.2) is 35.6 Å². The molecule has 9 heteroatoms. The van der Waals surface area contributed by atoms with Crippen molar-refractivity contribution in [3.8, 4) is 5.75 Å². The summed E-state index contributed by atoms with van der Waals surface area (Å²) in [5, 5.41) is 1.33. The summed E-state index contributed by atoms with van der Waals surface area (Å²) >= 11 is 7.83. The SMILES string of the molecule is Cc1cnc(SCCN2CCOCC2)nc1C1CCCN(C(=O)COc2ccccc2Cl)C1. The van der Waals surface area contributed by atoms with Gasteiger partial charge in [0.15, 0.2) is 11.8 Å². The van der Waals surface area contributed by atoms with Gasteiger partial charge in [0.1, 0.15) is 5.75 Å². The van der Waals surface area contributed by atoms with Crippen LogP contribution in [0.4, 0.5) is 0 Å². The monoisotopic (exact) mass is 490 g/mol. The number of piperidine rings is 1.